The minimum Gasteiger partial charge on any atom is -0.456 e. The first-order valence-electron chi connectivity index (χ1n) is 6.41. The van der Waals surface area contributed by atoms with Crippen molar-refractivity contribution in [1.29, 1.82) is 0 Å². The summed E-state index contributed by atoms with van der Waals surface area (Å²) in [6.45, 7) is 0.804. The molecule has 0 bridgehead atoms. The number of aromatic nitrogens is 1. The lowest BCUT2D eigenvalue weighted by atomic mass is 10.2. The molecule has 0 aliphatic heterocycles. The Morgan fingerprint density at radius 1 is 1.21 bits per heavy atom. The van der Waals surface area contributed by atoms with Crippen LogP contribution in [0.1, 0.15) is 18.4 Å². The quantitative estimate of drug-likeness (QED) is 0.908. The normalized spacial score (nSPS) is 14.4. The van der Waals surface area contributed by atoms with Crippen molar-refractivity contribution in [3.8, 4) is 11.5 Å². The molecule has 1 aliphatic carbocycles. The lowest BCUT2D eigenvalue weighted by Crippen LogP contribution is -2.15. The van der Waals surface area contributed by atoms with Gasteiger partial charge in [-0.15, -0.1) is 0 Å². The first-order valence-corrected chi connectivity index (χ1v) is 7.21. The summed E-state index contributed by atoms with van der Waals surface area (Å²) in [7, 11) is 0. The summed E-state index contributed by atoms with van der Waals surface area (Å²) >= 11 is 3.49. The standard InChI is InChI=1S/C15H15BrN2O/c16-13-3-1-2-4-15(13)19-14-7-8-17-9-11(14)10-18-12-5-6-12/h1-4,7-9,12,18H,5-6,10H2. The van der Waals surface area contributed by atoms with E-state index in [1.807, 2.05) is 36.5 Å². The van der Waals surface area contributed by atoms with Crippen LogP contribution in [-0.4, -0.2) is 11.0 Å². The van der Waals surface area contributed by atoms with Gasteiger partial charge in [-0.3, -0.25) is 4.98 Å². The van der Waals surface area contributed by atoms with Crippen LogP contribution in [0.4, 0.5) is 0 Å². The van der Waals surface area contributed by atoms with E-state index in [4.69, 9.17) is 4.74 Å². The smallest absolute Gasteiger partial charge is 0.141 e. The molecule has 0 radical (unpaired) electrons. The second kappa shape index (κ2) is 5.72. The van der Waals surface area contributed by atoms with Crippen LogP contribution in [0.15, 0.2) is 47.2 Å². The van der Waals surface area contributed by atoms with Gasteiger partial charge in [0, 0.05) is 30.5 Å². The molecule has 3 nitrogen and oxygen atoms in total. The number of hydrogen-bond acceptors (Lipinski definition) is 3. The van der Waals surface area contributed by atoms with Crippen molar-refractivity contribution in [2.45, 2.75) is 25.4 Å². The molecule has 1 saturated carbocycles. The number of nitrogens with one attached hydrogen (secondary N) is 1. The van der Waals surface area contributed by atoms with E-state index in [1.54, 1.807) is 6.20 Å². The van der Waals surface area contributed by atoms with E-state index in [0.717, 1.165) is 28.1 Å². The summed E-state index contributed by atoms with van der Waals surface area (Å²) in [4.78, 5) is 4.18. The minimum absolute atomic E-state index is 0.677. The van der Waals surface area contributed by atoms with Gasteiger partial charge in [0.25, 0.3) is 0 Å². The number of pyridine rings is 1. The highest BCUT2D eigenvalue weighted by Crippen LogP contribution is 2.31. The van der Waals surface area contributed by atoms with E-state index in [2.05, 4.69) is 26.2 Å². The summed E-state index contributed by atoms with van der Waals surface area (Å²) in [6.07, 6.45) is 6.18. The Hall–Kier alpha value is -1.39. The molecule has 4 heteroatoms. The third-order valence-corrected chi connectivity index (χ3v) is 3.73. The van der Waals surface area contributed by atoms with Gasteiger partial charge < -0.3 is 10.1 Å². The third-order valence-electron chi connectivity index (χ3n) is 3.07. The Kier molecular flexibility index (Phi) is 3.80. The molecule has 1 aromatic carbocycles. The Morgan fingerprint density at radius 2 is 2.05 bits per heavy atom. The molecule has 0 saturated heterocycles. The number of halogens is 1. The van der Waals surface area contributed by atoms with Gasteiger partial charge in [0.05, 0.1) is 4.47 Å². The molecule has 0 amide bonds. The second-order valence-electron chi connectivity index (χ2n) is 4.67. The lowest BCUT2D eigenvalue weighted by molar-refractivity contribution is 0.468. The van der Waals surface area contributed by atoms with Gasteiger partial charge in [-0.1, -0.05) is 12.1 Å². The van der Waals surface area contributed by atoms with Gasteiger partial charge in [-0.25, -0.2) is 0 Å². The Labute approximate surface area is 121 Å². The zero-order valence-electron chi connectivity index (χ0n) is 10.5. The van der Waals surface area contributed by atoms with E-state index < -0.39 is 0 Å². The van der Waals surface area contributed by atoms with Gasteiger partial charge in [-0.2, -0.15) is 0 Å². The number of benzene rings is 1. The summed E-state index contributed by atoms with van der Waals surface area (Å²) in [5, 5.41) is 3.48. The monoisotopic (exact) mass is 318 g/mol. The Bertz CT molecular complexity index is 570. The molecule has 0 unspecified atom stereocenters. The minimum atomic E-state index is 0.677. The van der Waals surface area contributed by atoms with Gasteiger partial charge in [0.2, 0.25) is 0 Å². The molecule has 1 aromatic heterocycles. The van der Waals surface area contributed by atoms with Gasteiger partial charge >= 0.3 is 0 Å². The molecule has 98 valence electrons. The molecule has 1 fully saturated rings. The fourth-order valence-corrected chi connectivity index (χ4v) is 2.20. The van der Waals surface area contributed by atoms with Gasteiger partial charge in [-0.05, 0) is 47.0 Å². The number of nitrogens with zero attached hydrogens (tertiary/aromatic N) is 1. The van der Waals surface area contributed by atoms with Crippen LogP contribution in [0.2, 0.25) is 0 Å². The molecular formula is C15H15BrN2O. The van der Waals surface area contributed by atoms with Crippen molar-refractivity contribution >= 4 is 15.9 Å². The van der Waals surface area contributed by atoms with Crippen molar-refractivity contribution in [3.63, 3.8) is 0 Å². The molecule has 3 rings (SSSR count). The maximum absolute atomic E-state index is 5.97. The highest BCUT2D eigenvalue weighted by molar-refractivity contribution is 9.10. The van der Waals surface area contributed by atoms with E-state index in [0.29, 0.717) is 6.04 Å². The van der Waals surface area contributed by atoms with Crippen LogP contribution in [0.25, 0.3) is 0 Å². The molecular weight excluding hydrogens is 304 g/mol. The molecule has 2 aromatic rings. The maximum atomic E-state index is 5.97. The number of para-hydroxylation sites is 1. The molecule has 1 aliphatic rings. The predicted octanol–water partition coefficient (Wildman–Crippen LogP) is 3.89. The van der Waals surface area contributed by atoms with Crippen molar-refractivity contribution in [2.75, 3.05) is 0 Å². The fourth-order valence-electron chi connectivity index (χ4n) is 1.83. The Balaban J connectivity index is 1.77. The van der Waals surface area contributed by atoms with Crippen LogP contribution in [0, 0.1) is 0 Å². The van der Waals surface area contributed by atoms with Crippen LogP contribution in [0.3, 0.4) is 0 Å². The largest absolute Gasteiger partial charge is 0.456 e. The van der Waals surface area contributed by atoms with Crippen molar-refractivity contribution < 1.29 is 4.74 Å². The number of ether oxygens (including phenoxy) is 1. The Morgan fingerprint density at radius 3 is 2.84 bits per heavy atom. The van der Waals surface area contributed by atoms with Crippen LogP contribution >= 0.6 is 15.9 Å². The molecule has 0 atom stereocenters. The number of hydrogen-bond donors (Lipinski definition) is 1. The van der Waals surface area contributed by atoms with Gasteiger partial charge in [0.1, 0.15) is 11.5 Å². The summed E-state index contributed by atoms with van der Waals surface area (Å²) in [5.41, 5.74) is 1.09. The number of rotatable bonds is 5. The van der Waals surface area contributed by atoms with Crippen molar-refractivity contribution in [1.82, 2.24) is 10.3 Å². The van der Waals surface area contributed by atoms with Crippen LogP contribution in [-0.2, 0) is 6.54 Å². The average molecular weight is 319 g/mol. The first-order chi connectivity index (χ1) is 9.33. The predicted molar refractivity (Wildman–Crippen MR) is 78.3 cm³/mol. The zero-order valence-corrected chi connectivity index (χ0v) is 12.1. The lowest BCUT2D eigenvalue weighted by Gasteiger charge is -2.12. The van der Waals surface area contributed by atoms with E-state index in [9.17, 15) is 0 Å². The van der Waals surface area contributed by atoms with Crippen LogP contribution < -0.4 is 10.1 Å². The highest BCUT2D eigenvalue weighted by Gasteiger charge is 2.20. The van der Waals surface area contributed by atoms with Crippen molar-refractivity contribution in [3.05, 3.63) is 52.8 Å². The van der Waals surface area contributed by atoms with E-state index in [1.165, 1.54) is 12.8 Å². The topological polar surface area (TPSA) is 34.1 Å². The van der Waals surface area contributed by atoms with E-state index >= 15 is 0 Å². The summed E-state index contributed by atoms with van der Waals surface area (Å²) in [6, 6.07) is 10.4. The third kappa shape index (κ3) is 3.33. The highest BCUT2D eigenvalue weighted by atomic mass is 79.9. The van der Waals surface area contributed by atoms with Crippen molar-refractivity contribution in [2.24, 2.45) is 0 Å². The van der Waals surface area contributed by atoms with Gasteiger partial charge in [0.15, 0.2) is 0 Å². The average Bonchev–Trinajstić information content (AvgIpc) is 3.24. The van der Waals surface area contributed by atoms with Crippen LogP contribution in [0.5, 0.6) is 11.5 Å². The molecule has 0 spiro atoms. The fraction of sp³-hybridized carbons (Fsp3) is 0.267. The summed E-state index contributed by atoms with van der Waals surface area (Å²) in [5.74, 6) is 1.68. The maximum Gasteiger partial charge on any atom is 0.141 e. The zero-order chi connectivity index (χ0) is 13.1. The molecule has 1 N–H and O–H groups in total. The van der Waals surface area contributed by atoms with E-state index in [-0.39, 0.29) is 0 Å². The molecule has 19 heavy (non-hydrogen) atoms. The summed E-state index contributed by atoms with van der Waals surface area (Å²) < 4.78 is 6.92. The SMILES string of the molecule is Brc1ccccc1Oc1ccncc1CNC1CC1. The first kappa shape index (κ1) is 12.6. The molecule has 1 heterocycles. The second-order valence-corrected chi connectivity index (χ2v) is 5.53.